The van der Waals surface area contributed by atoms with Gasteiger partial charge in [0.2, 0.25) is 0 Å². The molecule has 0 fully saturated rings. The van der Waals surface area contributed by atoms with E-state index in [2.05, 4.69) is 11.9 Å². The van der Waals surface area contributed by atoms with Crippen LogP contribution in [0.2, 0.25) is 0 Å². The Hall–Kier alpha value is -0.380. The van der Waals surface area contributed by atoms with Crippen LogP contribution in [0.5, 0.6) is 0 Å². The van der Waals surface area contributed by atoms with Gasteiger partial charge in [0.15, 0.2) is 0 Å². The first-order valence-corrected chi connectivity index (χ1v) is 2.93. The highest BCUT2D eigenvalue weighted by Gasteiger charge is 1.93. The summed E-state index contributed by atoms with van der Waals surface area (Å²) >= 11 is 0. The lowest BCUT2D eigenvalue weighted by molar-refractivity contribution is 0.212. The Morgan fingerprint density at radius 1 is 1.67 bits per heavy atom. The molecular weight excluding hydrogens is 118 g/mol. The number of aliphatic hydroxyl groups excluding tert-OH is 2. The van der Waals surface area contributed by atoms with E-state index in [1.807, 2.05) is 0 Å². The van der Waals surface area contributed by atoms with E-state index in [4.69, 9.17) is 10.2 Å². The maximum atomic E-state index is 8.82. The average Bonchev–Trinajstić information content (AvgIpc) is 1.89. The highest BCUT2D eigenvalue weighted by Crippen LogP contribution is 1.77. The van der Waals surface area contributed by atoms with Gasteiger partial charge in [0.05, 0.1) is 12.7 Å². The van der Waals surface area contributed by atoms with Crippen molar-refractivity contribution >= 4 is 0 Å². The molecule has 0 bridgehead atoms. The maximum Gasteiger partial charge on any atom is 0.0842 e. The maximum absolute atomic E-state index is 8.82. The zero-order chi connectivity index (χ0) is 7.11. The molecule has 0 aliphatic rings. The Kier molecular flexibility index (Phi) is 5.51. The molecule has 0 aliphatic heterocycles. The molecule has 54 valence electrons. The van der Waals surface area contributed by atoms with Crippen LogP contribution in [0.25, 0.3) is 0 Å². The summed E-state index contributed by atoms with van der Waals surface area (Å²) in [5, 5.41) is 19.9. The van der Waals surface area contributed by atoms with Gasteiger partial charge in [-0.3, -0.25) is 0 Å². The molecular formula is C6H13NO2. The van der Waals surface area contributed by atoms with Crippen LogP contribution in [-0.4, -0.2) is 36.0 Å². The highest BCUT2D eigenvalue weighted by molar-refractivity contribution is 4.79. The summed E-state index contributed by atoms with van der Waals surface area (Å²) in [5.41, 5.74) is 0. The summed E-state index contributed by atoms with van der Waals surface area (Å²) in [7, 11) is 0. The molecule has 0 saturated heterocycles. The van der Waals surface area contributed by atoms with Crippen LogP contribution in [0.3, 0.4) is 0 Å². The minimum atomic E-state index is -0.503. The second kappa shape index (κ2) is 5.75. The molecule has 1 unspecified atom stereocenters. The van der Waals surface area contributed by atoms with Gasteiger partial charge < -0.3 is 15.5 Å². The van der Waals surface area contributed by atoms with Crippen molar-refractivity contribution in [3.05, 3.63) is 12.7 Å². The Morgan fingerprint density at radius 2 is 2.33 bits per heavy atom. The molecule has 9 heavy (non-hydrogen) atoms. The lowest BCUT2D eigenvalue weighted by Crippen LogP contribution is -2.27. The second-order valence-electron chi connectivity index (χ2n) is 1.73. The van der Waals surface area contributed by atoms with Gasteiger partial charge in [-0.05, 0) is 0 Å². The van der Waals surface area contributed by atoms with Gasteiger partial charge in [-0.1, -0.05) is 6.08 Å². The van der Waals surface area contributed by atoms with Gasteiger partial charge in [0.1, 0.15) is 0 Å². The predicted octanol–water partition coefficient (Wildman–Crippen LogP) is -0.885. The van der Waals surface area contributed by atoms with Crippen molar-refractivity contribution < 1.29 is 10.2 Å². The first kappa shape index (κ1) is 8.62. The van der Waals surface area contributed by atoms with Gasteiger partial charge in [0.25, 0.3) is 0 Å². The zero-order valence-corrected chi connectivity index (χ0v) is 5.38. The highest BCUT2D eigenvalue weighted by atomic mass is 16.3. The lowest BCUT2D eigenvalue weighted by Gasteiger charge is -2.04. The molecule has 0 rings (SSSR count). The molecule has 0 saturated carbocycles. The minimum Gasteiger partial charge on any atom is -0.395 e. The Bertz CT molecular complexity index is 75.5. The van der Waals surface area contributed by atoms with Crippen molar-refractivity contribution in [3.8, 4) is 0 Å². The van der Waals surface area contributed by atoms with Gasteiger partial charge in [-0.15, -0.1) is 6.58 Å². The van der Waals surface area contributed by atoms with Gasteiger partial charge in [-0.25, -0.2) is 0 Å². The quantitative estimate of drug-likeness (QED) is 0.335. The molecule has 0 aromatic carbocycles. The van der Waals surface area contributed by atoms with Crippen molar-refractivity contribution in [2.75, 3.05) is 19.7 Å². The van der Waals surface area contributed by atoms with Crippen LogP contribution < -0.4 is 5.32 Å². The van der Waals surface area contributed by atoms with Crippen molar-refractivity contribution in [3.63, 3.8) is 0 Å². The standard InChI is InChI=1S/C6H13NO2/c1-2-6(9)5-7-3-4-8/h2,6-9H,1,3-5H2. The monoisotopic (exact) mass is 131 g/mol. The van der Waals surface area contributed by atoms with Crippen molar-refractivity contribution in [2.24, 2.45) is 0 Å². The van der Waals surface area contributed by atoms with E-state index in [1.165, 1.54) is 6.08 Å². The number of aliphatic hydroxyl groups is 2. The number of hydrogen-bond donors (Lipinski definition) is 3. The summed E-state index contributed by atoms with van der Waals surface area (Å²) in [5.74, 6) is 0. The average molecular weight is 131 g/mol. The number of rotatable bonds is 5. The fourth-order valence-electron chi connectivity index (χ4n) is 0.412. The Labute approximate surface area is 55.0 Å². The topological polar surface area (TPSA) is 52.5 Å². The largest absolute Gasteiger partial charge is 0.395 e. The Balaban J connectivity index is 2.96. The molecule has 0 aromatic heterocycles. The molecule has 3 nitrogen and oxygen atoms in total. The van der Waals surface area contributed by atoms with Gasteiger partial charge in [0, 0.05) is 13.1 Å². The molecule has 0 amide bonds. The third-order valence-electron chi connectivity index (χ3n) is 0.914. The van der Waals surface area contributed by atoms with Crippen LogP contribution >= 0.6 is 0 Å². The molecule has 3 N–H and O–H groups in total. The van der Waals surface area contributed by atoms with Gasteiger partial charge in [-0.2, -0.15) is 0 Å². The van der Waals surface area contributed by atoms with Crippen molar-refractivity contribution in [1.82, 2.24) is 5.32 Å². The lowest BCUT2D eigenvalue weighted by atomic mass is 10.3. The van der Waals surface area contributed by atoms with E-state index >= 15 is 0 Å². The van der Waals surface area contributed by atoms with Crippen LogP contribution in [0, 0.1) is 0 Å². The fourth-order valence-corrected chi connectivity index (χ4v) is 0.412. The van der Waals surface area contributed by atoms with E-state index in [0.29, 0.717) is 13.1 Å². The molecule has 0 aromatic rings. The molecule has 1 atom stereocenters. The Morgan fingerprint density at radius 3 is 2.78 bits per heavy atom. The zero-order valence-electron chi connectivity index (χ0n) is 5.38. The summed E-state index contributed by atoms with van der Waals surface area (Å²) in [6.07, 6.45) is 0.946. The van der Waals surface area contributed by atoms with Gasteiger partial charge >= 0.3 is 0 Å². The summed E-state index contributed by atoms with van der Waals surface area (Å²) in [4.78, 5) is 0. The second-order valence-corrected chi connectivity index (χ2v) is 1.73. The first-order valence-electron chi connectivity index (χ1n) is 2.93. The van der Waals surface area contributed by atoms with Crippen molar-refractivity contribution in [2.45, 2.75) is 6.10 Å². The third kappa shape index (κ3) is 5.49. The summed E-state index contributed by atoms with van der Waals surface area (Å²) in [6, 6.07) is 0. The van der Waals surface area contributed by atoms with E-state index in [9.17, 15) is 0 Å². The van der Waals surface area contributed by atoms with Crippen molar-refractivity contribution in [1.29, 1.82) is 0 Å². The molecule has 0 spiro atoms. The number of nitrogens with one attached hydrogen (secondary N) is 1. The van der Waals surface area contributed by atoms with E-state index in [-0.39, 0.29) is 6.61 Å². The molecule has 0 radical (unpaired) electrons. The molecule has 0 aliphatic carbocycles. The van der Waals surface area contributed by atoms with Crippen LogP contribution in [0.1, 0.15) is 0 Å². The minimum absolute atomic E-state index is 0.101. The van der Waals surface area contributed by atoms with E-state index < -0.39 is 6.10 Å². The summed E-state index contributed by atoms with van der Waals surface area (Å²) < 4.78 is 0. The summed E-state index contributed by atoms with van der Waals surface area (Å²) in [6.45, 7) is 4.47. The normalized spacial score (nSPS) is 13.1. The fraction of sp³-hybridized carbons (Fsp3) is 0.667. The predicted molar refractivity (Wildman–Crippen MR) is 36.2 cm³/mol. The van der Waals surface area contributed by atoms with E-state index in [1.54, 1.807) is 0 Å². The molecule has 0 heterocycles. The first-order chi connectivity index (χ1) is 4.31. The molecule has 3 heteroatoms. The van der Waals surface area contributed by atoms with Crippen LogP contribution in [0.4, 0.5) is 0 Å². The smallest absolute Gasteiger partial charge is 0.0842 e. The third-order valence-corrected chi connectivity index (χ3v) is 0.914. The van der Waals surface area contributed by atoms with E-state index in [0.717, 1.165) is 0 Å². The van der Waals surface area contributed by atoms with Crippen LogP contribution in [0.15, 0.2) is 12.7 Å². The SMILES string of the molecule is C=CC(O)CNCCO. The number of hydrogen-bond acceptors (Lipinski definition) is 3. The van der Waals surface area contributed by atoms with Crippen LogP contribution in [-0.2, 0) is 0 Å².